The van der Waals surface area contributed by atoms with Gasteiger partial charge in [-0.2, -0.15) is 5.10 Å². The SMILES string of the molecule is NC1CCOCC1n1cncn1. The molecule has 0 aromatic carbocycles. The number of ether oxygens (including phenoxy) is 1. The summed E-state index contributed by atoms with van der Waals surface area (Å²) in [7, 11) is 0. The quantitative estimate of drug-likeness (QED) is 0.617. The molecule has 2 N–H and O–H groups in total. The van der Waals surface area contributed by atoms with Gasteiger partial charge in [-0.3, -0.25) is 0 Å². The van der Waals surface area contributed by atoms with Gasteiger partial charge in [0.2, 0.25) is 0 Å². The van der Waals surface area contributed by atoms with E-state index < -0.39 is 0 Å². The maximum atomic E-state index is 5.90. The van der Waals surface area contributed by atoms with E-state index in [4.69, 9.17) is 10.5 Å². The molecule has 66 valence electrons. The van der Waals surface area contributed by atoms with Gasteiger partial charge in [-0.25, -0.2) is 9.67 Å². The molecule has 1 aliphatic heterocycles. The molecule has 0 saturated carbocycles. The average molecular weight is 168 g/mol. The number of rotatable bonds is 1. The number of aromatic nitrogens is 3. The van der Waals surface area contributed by atoms with E-state index in [9.17, 15) is 0 Å². The molecule has 5 nitrogen and oxygen atoms in total. The normalized spacial score (nSPS) is 30.4. The van der Waals surface area contributed by atoms with E-state index in [1.807, 2.05) is 0 Å². The summed E-state index contributed by atoms with van der Waals surface area (Å²) in [6.45, 7) is 1.40. The zero-order chi connectivity index (χ0) is 8.39. The number of hydrogen-bond acceptors (Lipinski definition) is 4. The lowest BCUT2D eigenvalue weighted by Gasteiger charge is -2.28. The van der Waals surface area contributed by atoms with E-state index in [0.29, 0.717) is 6.61 Å². The van der Waals surface area contributed by atoms with Crippen LogP contribution in [0.3, 0.4) is 0 Å². The third-order valence-corrected chi connectivity index (χ3v) is 2.15. The fourth-order valence-electron chi connectivity index (χ4n) is 1.40. The van der Waals surface area contributed by atoms with Crippen molar-refractivity contribution in [3.63, 3.8) is 0 Å². The van der Waals surface area contributed by atoms with Crippen LogP contribution in [0.4, 0.5) is 0 Å². The molecule has 1 aromatic heterocycles. The second-order valence-corrected chi connectivity index (χ2v) is 2.97. The highest BCUT2D eigenvalue weighted by Crippen LogP contribution is 2.16. The van der Waals surface area contributed by atoms with Gasteiger partial charge in [0.25, 0.3) is 0 Å². The van der Waals surface area contributed by atoms with Crippen molar-refractivity contribution in [1.29, 1.82) is 0 Å². The van der Waals surface area contributed by atoms with Crippen LogP contribution in [-0.2, 0) is 4.74 Å². The van der Waals surface area contributed by atoms with E-state index in [1.54, 1.807) is 11.0 Å². The Morgan fingerprint density at radius 3 is 3.17 bits per heavy atom. The standard InChI is InChI=1S/C7H12N4O/c8-6-1-2-12-3-7(6)11-5-9-4-10-11/h4-7H,1-3,8H2. The molecule has 2 rings (SSSR count). The summed E-state index contributed by atoms with van der Waals surface area (Å²) in [6, 6.07) is 0.293. The van der Waals surface area contributed by atoms with Crippen LogP contribution in [0.5, 0.6) is 0 Å². The minimum atomic E-state index is 0.139. The zero-order valence-electron chi connectivity index (χ0n) is 6.76. The average Bonchev–Trinajstić information content (AvgIpc) is 2.57. The van der Waals surface area contributed by atoms with Crippen molar-refractivity contribution in [2.24, 2.45) is 5.73 Å². The second kappa shape index (κ2) is 3.20. The van der Waals surface area contributed by atoms with Gasteiger partial charge in [0, 0.05) is 12.6 Å². The van der Waals surface area contributed by atoms with Gasteiger partial charge in [0.05, 0.1) is 12.6 Å². The van der Waals surface area contributed by atoms with E-state index in [-0.39, 0.29) is 12.1 Å². The molecule has 0 aliphatic carbocycles. The maximum Gasteiger partial charge on any atom is 0.137 e. The first kappa shape index (κ1) is 7.70. The minimum Gasteiger partial charge on any atom is -0.379 e. The summed E-state index contributed by atoms with van der Waals surface area (Å²) < 4.78 is 7.08. The predicted octanol–water partition coefficient (Wildman–Crippen LogP) is -0.433. The zero-order valence-corrected chi connectivity index (χ0v) is 6.76. The van der Waals surface area contributed by atoms with Gasteiger partial charge in [0.15, 0.2) is 0 Å². The van der Waals surface area contributed by atoms with Crippen molar-refractivity contribution in [2.45, 2.75) is 18.5 Å². The smallest absolute Gasteiger partial charge is 0.137 e. The molecular formula is C7H12N4O. The lowest BCUT2D eigenvalue weighted by atomic mass is 10.1. The summed E-state index contributed by atoms with van der Waals surface area (Å²) >= 11 is 0. The van der Waals surface area contributed by atoms with E-state index >= 15 is 0 Å². The molecule has 0 radical (unpaired) electrons. The molecule has 12 heavy (non-hydrogen) atoms. The summed E-state index contributed by atoms with van der Waals surface area (Å²) in [5, 5.41) is 4.04. The minimum absolute atomic E-state index is 0.139. The molecule has 0 amide bonds. The fraction of sp³-hybridized carbons (Fsp3) is 0.714. The molecule has 5 heteroatoms. The Labute approximate surface area is 70.5 Å². The molecule has 0 bridgehead atoms. The lowest BCUT2D eigenvalue weighted by molar-refractivity contribution is 0.0423. The van der Waals surface area contributed by atoms with Crippen molar-refractivity contribution in [1.82, 2.24) is 14.8 Å². The Balaban J connectivity index is 2.11. The monoisotopic (exact) mass is 168 g/mol. The summed E-state index contributed by atoms with van der Waals surface area (Å²) in [5.74, 6) is 0. The van der Waals surface area contributed by atoms with Crippen molar-refractivity contribution < 1.29 is 4.74 Å². The van der Waals surface area contributed by atoms with Gasteiger partial charge < -0.3 is 10.5 Å². The number of hydrogen-bond donors (Lipinski definition) is 1. The summed E-state index contributed by atoms with van der Waals surface area (Å²) in [4.78, 5) is 3.87. The third-order valence-electron chi connectivity index (χ3n) is 2.15. The largest absolute Gasteiger partial charge is 0.379 e. The van der Waals surface area contributed by atoms with Crippen molar-refractivity contribution in [3.8, 4) is 0 Å². The first-order chi connectivity index (χ1) is 5.88. The van der Waals surface area contributed by atoms with Gasteiger partial charge in [-0.15, -0.1) is 0 Å². The Morgan fingerprint density at radius 2 is 2.50 bits per heavy atom. The van der Waals surface area contributed by atoms with Crippen LogP contribution in [-0.4, -0.2) is 34.0 Å². The Morgan fingerprint density at radius 1 is 1.58 bits per heavy atom. The van der Waals surface area contributed by atoms with Crippen molar-refractivity contribution >= 4 is 0 Å². The highest BCUT2D eigenvalue weighted by molar-refractivity contribution is 4.81. The fourth-order valence-corrected chi connectivity index (χ4v) is 1.40. The van der Waals surface area contributed by atoms with Gasteiger partial charge in [0.1, 0.15) is 12.7 Å². The Hall–Kier alpha value is -0.940. The first-order valence-corrected chi connectivity index (χ1v) is 4.05. The Kier molecular flexibility index (Phi) is 2.05. The van der Waals surface area contributed by atoms with Crippen molar-refractivity contribution in [3.05, 3.63) is 12.7 Å². The Bertz CT molecular complexity index is 236. The van der Waals surface area contributed by atoms with Crippen LogP contribution in [0.25, 0.3) is 0 Å². The molecule has 2 unspecified atom stereocenters. The summed E-state index contributed by atoms with van der Waals surface area (Å²) in [6.07, 6.45) is 4.09. The van der Waals surface area contributed by atoms with Crippen LogP contribution in [0.15, 0.2) is 12.7 Å². The second-order valence-electron chi connectivity index (χ2n) is 2.97. The van der Waals surface area contributed by atoms with Gasteiger partial charge >= 0.3 is 0 Å². The highest BCUT2D eigenvalue weighted by Gasteiger charge is 2.24. The highest BCUT2D eigenvalue weighted by atomic mass is 16.5. The van der Waals surface area contributed by atoms with Crippen LogP contribution in [0.2, 0.25) is 0 Å². The van der Waals surface area contributed by atoms with E-state index in [0.717, 1.165) is 13.0 Å². The molecule has 1 aliphatic rings. The first-order valence-electron chi connectivity index (χ1n) is 4.05. The van der Waals surface area contributed by atoms with Crippen molar-refractivity contribution in [2.75, 3.05) is 13.2 Å². The summed E-state index contributed by atoms with van der Waals surface area (Å²) in [5.41, 5.74) is 5.90. The molecule has 2 atom stereocenters. The molecule has 0 spiro atoms. The molecule has 2 heterocycles. The molecule has 1 fully saturated rings. The van der Waals surface area contributed by atoms with E-state index in [2.05, 4.69) is 10.1 Å². The predicted molar refractivity (Wildman–Crippen MR) is 42.5 cm³/mol. The van der Waals surface area contributed by atoms with Gasteiger partial charge in [-0.05, 0) is 6.42 Å². The van der Waals surface area contributed by atoms with Gasteiger partial charge in [-0.1, -0.05) is 0 Å². The lowest BCUT2D eigenvalue weighted by Crippen LogP contribution is -2.40. The number of nitrogens with two attached hydrogens (primary N) is 1. The van der Waals surface area contributed by atoms with E-state index in [1.165, 1.54) is 6.33 Å². The van der Waals surface area contributed by atoms with Crippen LogP contribution < -0.4 is 5.73 Å². The topological polar surface area (TPSA) is 66.0 Å². The molecule has 1 aromatic rings. The maximum absolute atomic E-state index is 5.90. The number of nitrogens with zero attached hydrogens (tertiary/aromatic N) is 3. The third kappa shape index (κ3) is 1.33. The van der Waals surface area contributed by atoms with Crippen LogP contribution in [0, 0.1) is 0 Å². The van der Waals surface area contributed by atoms with Crippen LogP contribution >= 0.6 is 0 Å². The molecule has 1 saturated heterocycles. The molecular weight excluding hydrogens is 156 g/mol. The van der Waals surface area contributed by atoms with Crippen LogP contribution in [0.1, 0.15) is 12.5 Å².